The van der Waals surface area contributed by atoms with E-state index < -0.39 is 0 Å². The molecule has 1 aliphatic rings. The maximum absolute atomic E-state index is 3.51. The highest BCUT2D eigenvalue weighted by Gasteiger charge is 2.24. The van der Waals surface area contributed by atoms with Gasteiger partial charge < -0.3 is 10.2 Å². The fraction of sp³-hybridized carbons (Fsp3) is 1.00. The first-order chi connectivity index (χ1) is 8.04. The summed E-state index contributed by atoms with van der Waals surface area (Å²) in [6.07, 6.45) is 3.95. The highest BCUT2D eigenvalue weighted by atomic mass is 15.2. The van der Waals surface area contributed by atoms with E-state index >= 15 is 0 Å². The van der Waals surface area contributed by atoms with Gasteiger partial charge in [-0.2, -0.15) is 0 Å². The second kappa shape index (κ2) is 7.34. The molecule has 0 bridgehead atoms. The van der Waals surface area contributed by atoms with Gasteiger partial charge >= 0.3 is 0 Å². The van der Waals surface area contributed by atoms with E-state index in [4.69, 9.17) is 0 Å². The Hall–Kier alpha value is -0.120. The smallest absolute Gasteiger partial charge is 0.0223 e. The van der Waals surface area contributed by atoms with Crippen molar-refractivity contribution in [3.05, 3.63) is 0 Å². The number of piperidine rings is 1. The largest absolute Gasteiger partial charge is 0.314 e. The van der Waals surface area contributed by atoms with Gasteiger partial charge in [0.1, 0.15) is 0 Å². The van der Waals surface area contributed by atoms with Crippen LogP contribution in [0.15, 0.2) is 0 Å². The van der Waals surface area contributed by atoms with E-state index in [0.29, 0.717) is 12.1 Å². The second-order valence-electron chi connectivity index (χ2n) is 5.77. The molecule has 1 heterocycles. The van der Waals surface area contributed by atoms with Gasteiger partial charge in [-0.25, -0.2) is 0 Å². The van der Waals surface area contributed by atoms with Crippen molar-refractivity contribution in [3.63, 3.8) is 0 Å². The molecular weight excluding hydrogens is 210 g/mol. The van der Waals surface area contributed by atoms with Crippen molar-refractivity contribution in [1.29, 1.82) is 0 Å². The van der Waals surface area contributed by atoms with E-state index in [9.17, 15) is 0 Å². The molecule has 0 aromatic carbocycles. The summed E-state index contributed by atoms with van der Waals surface area (Å²) >= 11 is 0. The van der Waals surface area contributed by atoms with Crippen LogP contribution in [0.5, 0.6) is 0 Å². The van der Waals surface area contributed by atoms with E-state index in [1.54, 1.807) is 0 Å². The minimum absolute atomic E-state index is 0.624. The third kappa shape index (κ3) is 4.94. The zero-order chi connectivity index (χ0) is 12.8. The van der Waals surface area contributed by atoms with Crippen molar-refractivity contribution >= 4 is 0 Å². The highest BCUT2D eigenvalue weighted by Crippen LogP contribution is 2.17. The van der Waals surface area contributed by atoms with Crippen molar-refractivity contribution in [1.82, 2.24) is 15.1 Å². The summed E-state index contributed by atoms with van der Waals surface area (Å²) in [7, 11) is 4.54. The third-order valence-electron chi connectivity index (χ3n) is 4.12. The first-order valence-electron chi connectivity index (χ1n) is 7.18. The molecule has 3 atom stereocenters. The molecule has 1 aliphatic heterocycles. The van der Waals surface area contributed by atoms with Gasteiger partial charge in [-0.3, -0.25) is 4.90 Å². The Balaban J connectivity index is 2.36. The van der Waals surface area contributed by atoms with Crippen LogP contribution in [0.4, 0.5) is 0 Å². The lowest BCUT2D eigenvalue weighted by molar-refractivity contribution is 0.0976. The Morgan fingerprint density at radius 1 is 1.41 bits per heavy atom. The number of nitrogens with one attached hydrogen (secondary N) is 1. The van der Waals surface area contributed by atoms with E-state index in [-0.39, 0.29) is 0 Å². The standard InChI is InChI=1S/C14H31N3/c1-6-15-12(2)10-13(3)17(5)14-8-7-9-16(4)11-14/h12-15H,6-11H2,1-5H3. The molecule has 0 spiro atoms. The quantitative estimate of drug-likeness (QED) is 0.765. The van der Waals surface area contributed by atoms with Gasteiger partial charge in [0.2, 0.25) is 0 Å². The molecule has 0 radical (unpaired) electrons. The van der Waals surface area contributed by atoms with Crippen LogP contribution in [-0.4, -0.2) is 61.7 Å². The van der Waals surface area contributed by atoms with Crippen molar-refractivity contribution < 1.29 is 0 Å². The lowest BCUT2D eigenvalue weighted by Gasteiger charge is -2.39. The molecule has 1 saturated heterocycles. The van der Waals surface area contributed by atoms with Crippen molar-refractivity contribution in [2.24, 2.45) is 0 Å². The number of rotatable bonds is 6. The topological polar surface area (TPSA) is 18.5 Å². The first-order valence-corrected chi connectivity index (χ1v) is 7.18. The molecule has 0 saturated carbocycles. The minimum Gasteiger partial charge on any atom is -0.314 e. The lowest BCUT2D eigenvalue weighted by atomic mass is 10.0. The van der Waals surface area contributed by atoms with Crippen LogP contribution in [0.3, 0.4) is 0 Å². The van der Waals surface area contributed by atoms with Gasteiger partial charge in [-0.05, 0) is 60.3 Å². The Bertz CT molecular complexity index is 208. The SMILES string of the molecule is CCNC(C)CC(C)N(C)C1CCCN(C)C1. The van der Waals surface area contributed by atoms with Gasteiger partial charge in [0.05, 0.1) is 0 Å². The van der Waals surface area contributed by atoms with Gasteiger partial charge in [0.25, 0.3) is 0 Å². The van der Waals surface area contributed by atoms with Crippen LogP contribution in [0.2, 0.25) is 0 Å². The van der Waals surface area contributed by atoms with Crippen LogP contribution < -0.4 is 5.32 Å². The molecule has 102 valence electrons. The van der Waals surface area contributed by atoms with Gasteiger partial charge in [-0.15, -0.1) is 0 Å². The molecule has 17 heavy (non-hydrogen) atoms. The number of likely N-dealkylation sites (N-methyl/N-ethyl adjacent to an activating group) is 2. The minimum atomic E-state index is 0.624. The number of hydrogen-bond acceptors (Lipinski definition) is 3. The fourth-order valence-corrected chi connectivity index (χ4v) is 2.94. The number of likely N-dealkylation sites (tertiary alicyclic amines) is 1. The Morgan fingerprint density at radius 2 is 2.12 bits per heavy atom. The molecule has 3 nitrogen and oxygen atoms in total. The van der Waals surface area contributed by atoms with Gasteiger partial charge in [-0.1, -0.05) is 6.92 Å². The molecule has 0 aliphatic carbocycles. The van der Waals surface area contributed by atoms with Gasteiger partial charge in [0.15, 0.2) is 0 Å². The second-order valence-corrected chi connectivity index (χ2v) is 5.77. The molecule has 1 fully saturated rings. The Kier molecular flexibility index (Phi) is 6.45. The zero-order valence-corrected chi connectivity index (χ0v) is 12.4. The fourth-order valence-electron chi connectivity index (χ4n) is 2.94. The highest BCUT2D eigenvalue weighted by molar-refractivity contribution is 4.82. The monoisotopic (exact) mass is 241 g/mol. The lowest BCUT2D eigenvalue weighted by Crippen LogP contribution is -2.49. The summed E-state index contributed by atoms with van der Waals surface area (Å²) < 4.78 is 0. The molecular formula is C14H31N3. The normalized spacial score (nSPS) is 26.1. The molecule has 3 unspecified atom stereocenters. The summed E-state index contributed by atoms with van der Waals surface area (Å²) in [6, 6.07) is 2.04. The Morgan fingerprint density at radius 3 is 2.71 bits per heavy atom. The van der Waals surface area contributed by atoms with Crippen molar-refractivity contribution in [3.8, 4) is 0 Å². The molecule has 0 amide bonds. The molecule has 1 rings (SSSR count). The average Bonchev–Trinajstić information content (AvgIpc) is 2.28. The van der Waals surface area contributed by atoms with E-state index in [2.05, 4.69) is 50.0 Å². The molecule has 3 heteroatoms. The van der Waals surface area contributed by atoms with Crippen LogP contribution in [0, 0.1) is 0 Å². The first kappa shape index (κ1) is 14.9. The van der Waals surface area contributed by atoms with E-state index in [1.807, 2.05) is 0 Å². The average molecular weight is 241 g/mol. The maximum Gasteiger partial charge on any atom is 0.0223 e. The summed E-state index contributed by atoms with van der Waals surface area (Å²) in [5.74, 6) is 0. The maximum atomic E-state index is 3.51. The third-order valence-corrected chi connectivity index (χ3v) is 4.12. The van der Waals surface area contributed by atoms with E-state index in [0.717, 1.165) is 12.6 Å². The van der Waals surface area contributed by atoms with Crippen LogP contribution in [0.1, 0.15) is 40.0 Å². The van der Waals surface area contributed by atoms with Crippen molar-refractivity contribution in [2.45, 2.75) is 58.2 Å². The van der Waals surface area contributed by atoms with E-state index in [1.165, 1.54) is 32.4 Å². The summed E-state index contributed by atoms with van der Waals surface area (Å²) in [5, 5.41) is 3.51. The predicted octanol–water partition coefficient (Wildman–Crippen LogP) is 1.79. The zero-order valence-electron chi connectivity index (χ0n) is 12.4. The molecule has 0 aromatic rings. The van der Waals surface area contributed by atoms with Crippen LogP contribution in [0.25, 0.3) is 0 Å². The van der Waals surface area contributed by atoms with Crippen LogP contribution >= 0.6 is 0 Å². The predicted molar refractivity (Wildman–Crippen MR) is 75.5 cm³/mol. The number of nitrogens with zero attached hydrogens (tertiary/aromatic N) is 2. The summed E-state index contributed by atoms with van der Waals surface area (Å²) in [4.78, 5) is 5.05. The Labute approximate surface area is 108 Å². The molecule has 1 N–H and O–H groups in total. The molecule has 0 aromatic heterocycles. The van der Waals surface area contributed by atoms with Gasteiger partial charge in [0, 0.05) is 24.7 Å². The summed E-state index contributed by atoms with van der Waals surface area (Å²) in [5.41, 5.74) is 0. The number of hydrogen-bond donors (Lipinski definition) is 1. The van der Waals surface area contributed by atoms with Crippen molar-refractivity contribution in [2.75, 3.05) is 33.7 Å². The van der Waals surface area contributed by atoms with Crippen LogP contribution in [-0.2, 0) is 0 Å². The summed E-state index contributed by atoms with van der Waals surface area (Å²) in [6.45, 7) is 10.4.